The Kier molecular flexibility index (Phi) is 4.15. The maximum Gasteiger partial charge on any atom is 0.460 e. The van der Waals surface area contributed by atoms with Crippen molar-refractivity contribution < 1.29 is 23.0 Å². The number of ether oxygens (including phenoxy) is 1. The minimum Gasteiger partial charge on any atom is -0.394 e. The summed E-state index contributed by atoms with van der Waals surface area (Å²) in [5, 5.41) is 8.41. The van der Waals surface area contributed by atoms with E-state index in [0.717, 1.165) is 0 Å². The molecule has 1 N–H and O–H groups in total. The van der Waals surface area contributed by atoms with Crippen LogP contribution in [-0.4, -0.2) is 48.7 Å². The highest BCUT2D eigenvalue weighted by Gasteiger charge is 2.44. The molecule has 3 nitrogen and oxygen atoms in total. The molecule has 1 atom stereocenters. The SMILES string of the molecule is OCCOC[C@@H]1CCCN1C(F)(F)F. The Morgan fingerprint density at radius 2 is 2.14 bits per heavy atom. The lowest BCUT2D eigenvalue weighted by Gasteiger charge is -2.26. The third-order valence-corrected chi connectivity index (χ3v) is 2.25. The molecule has 0 spiro atoms. The number of rotatable bonds is 4. The van der Waals surface area contributed by atoms with Crippen molar-refractivity contribution in [1.29, 1.82) is 0 Å². The molecular formula is C8H14F3NO2. The number of halogens is 3. The molecule has 1 aliphatic rings. The molecule has 0 aromatic heterocycles. The number of likely N-dealkylation sites (tertiary alicyclic amines) is 1. The lowest BCUT2D eigenvalue weighted by Crippen LogP contribution is -2.43. The maximum atomic E-state index is 12.3. The van der Waals surface area contributed by atoms with Gasteiger partial charge in [0.25, 0.3) is 0 Å². The molecule has 1 rings (SSSR count). The fourth-order valence-electron chi connectivity index (χ4n) is 1.63. The summed E-state index contributed by atoms with van der Waals surface area (Å²) in [5.74, 6) is 0. The van der Waals surface area contributed by atoms with Gasteiger partial charge >= 0.3 is 6.30 Å². The summed E-state index contributed by atoms with van der Waals surface area (Å²) in [6.45, 7) is 0.0393. The van der Waals surface area contributed by atoms with E-state index in [0.29, 0.717) is 17.7 Å². The van der Waals surface area contributed by atoms with Gasteiger partial charge in [-0.3, -0.25) is 0 Å². The first-order valence-electron chi connectivity index (χ1n) is 4.58. The summed E-state index contributed by atoms with van der Waals surface area (Å²) in [4.78, 5) is 0.504. The number of aliphatic hydroxyl groups excluding tert-OH is 1. The lowest BCUT2D eigenvalue weighted by molar-refractivity contribution is -0.253. The molecule has 0 unspecified atom stereocenters. The Morgan fingerprint density at radius 1 is 1.43 bits per heavy atom. The van der Waals surface area contributed by atoms with E-state index < -0.39 is 12.3 Å². The molecule has 0 radical (unpaired) electrons. The number of aliphatic hydroxyl groups is 1. The molecule has 0 aromatic carbocycles. The number of hydrogen-bond donors (Lipinski definition) is 1. The summed E-state index contributed by atoms with van der Waals surface area (Å²) >= 11 is 0. The van der Waals surface area contributed by atoms with Gasteiger partial charge in [0, 0.05) is 12.6 Å². The second kappa shape index (κ2) is 4.95. The van der Waals surface area contributed by atoms with Crippen LogP contribution >= 0.6 is 0 Å². The van der Waals surface area contributed by atoms with Crippen LogP contribution in [0.4, 0.5) is 13.2 Å². The van der Waals surface area contributed by atoms with E-state index in [2.05, 4.69) is 0 Å². The van der Waals surface area contributed by atoms with Crippen molar-refractivity contribution in [3.63, 3.8) is 0 Å². The summed E-state index contributed by atoms with van der Waals surface area (Å²) in [7, 11) is 0. The van der Waals surface area contributed by atoms with Gasteiger partial charge in [-0.2, -0.15) is 13.2 Å². The predicted molar refractivity (Wildman–Crippen MR) is 43.7 cm³/mol. The molecule has 0 amide bonds. The monoisotopic (exact) mass is 213 g/mol. The van der Waals surface area contributed by atoms with Gasteiger partial charge in [-0.15, -0.1) is 0 Å². The molecular weight excluding hydrogens is 199 g/mol. The molecule has 1 saturated heterocycles. The van der Waals surface area contributed by atoms with E-state index in [4.69, 9.17) is 9.84 Å². The molecule has 0 saturated carbocycles. The van der Waals surface area contributed by atoms with Crippen molar-refractivity contribution in [2.75, 3.05) is 26.4 Å². The van der Waals surface area contributed by atoms with Crippen LogP contribution in [0, 0.1) is 0 Å². The van der Waals surface area contributed by atoms with Crippen LogP contribution in [0.2, 0.25) is 0 Å². The molecule has 0 aromatic rings. The second-order valence-electron chi connectivity index (χ2n) is 3.26. The summed E-state index contributed by atoms with van der Waals surface area (Å²) in [5.41, 5.74) is 0. The first-order valence-corrected chi connectivity index (χ1v) is 4.58. The fourth-order valence-corrected chi connectivity index (χ4v) is 1.63. The smallest absolute Gasteiger partial charge is 0.394 e. The third-order valence-electron chi connectivity index (χ3n) is 2.25. The van der Waals surface area contributed by atoms with E-state index in [9.17, 15) is 13.2 Å². The Hall–Kier alpha value is -0.330. The van der Waals surface area contributed by atoms with Crippen molar-refractivity contribution in [1.82, 2.24) is 4.90 Å². The third kappa shape index (κ3) is 3.11. The van der Waals surface area contributed by atoms with Gasteiger partial charge in [0.2, 0.25) is 0 Å². The second-order valence-corrected chi connectivity index (χ2v) is 3.26. The van der Waals surface area contributed by atoms with Crippen LogP contribution in [-0.2, 0) is 4.74 Å². The molecule has 84 valence electrons. The normalized spacial score (nSPS) is 24.4. The highest BCUT2D eigenvalue weighted by molar-refractivity contribution is 4.80. The van der Waals surface area contributed by atoms with Crippen LogP contribution in [0.25, 0.3) is 0 Å². The molecule has 1 heterocycles. The van der Waals surface area contributed by atoms with E-state index in [1.165, 1.54) is 0 Å². The Bertz CT molecular complexity index is 174. The van der Waals surface area contributed by atoms with Gasteiger partial charge in [-0.25, -0.2) is 4.90 Å². The topological polar surface area (TPSA) is 32.7 Å². The van der Waals surface area contributed by atoms with Crippen LogP contribution in [0.3, 0.4) is 0 Å². The fraction of sp³-hybridized carbons (Fsp3) is 1.00. The number of nitrogens with zero attached hydrogens (tertiary/aromatic N) is 1. The highest BCUT2D eigenvalue weighted by atomic mass is 19.4. The van der Waals surface area contributed by atoms with Gasteiger partial charge in [-0.1, -0.05) is 0 Å². The van der Waals surface area contributed by atoms with E-state index in [1.807, 2.05) is 0 Å². The Morgan fingerprint density at radius 3 is 2.71 bits per heavy atom. The number of hydrogen-bond acceptors (Lipinski definition) is 3. The van der Waals surface area contributed by atoms with Crippen LogP contribution < -0.4 is 0 Å². The van der Waals surface area contributed by atoms with Gasteiger partial charge in [0.05, 0.1) is 19.8 Å². The molecule has 6 heteroatoms. The predicted octanol–water partition coefficient (Wildman–Crippen LogP) is 0.980. The van der Waals surface area contributed by atoms with Crippen LogP contribution in [0.5, 0.6) is 0 Å². The quantitative estimate of drug-likeness (QED) is 0.558. The van der Waals surface area contributed by atoms with Crippen molar-refractivity contribution in [2.45, 2.75) is 25.2 Å². The standard InChI is InChI=1S/C8H14F3NO2/c9-8(10,11)12-3-1-2-7(12)6-14-5-4-13/h7,13H,1-6H2/t7-/m0/s1. The average Bonchev–Trinajstić information content (AvgIpc) is 2.52. The lowest BCUT2D eigenvalue weighted by atomic mass is 10.2. The van der Waals surface area contributed by atoms with Gasteiger partial charge in [0.1, 0.15) is 0 Å². The Balaban J connectivity index is 2.36. The highest BCUT2D eigenvalue weighted by Crippen LogP contribution is 2.30. The maximum absolute atomic E-state index is 12.3. The zero-order valence-corrected chi connectivity index (χ0v) is 7.76. The molecule has 1 aliphatic heterocycles. The molecule has 0 aliphatic carbocycles. The summed E-state index contributed by atoms with van der Waals surface area (Å²) in [6.07, 6.45) is -3.21. The van der Waals surface area contributed by atoms with Crippen LogP contribution in [0.1, 0.15) is 12.8 Å². The molecule has 0 bridgehead atoms. The van der Waals surface area contributed by atoms with Crippen LogP contribution in [0.15, 0.2) is 0 Å². The minimum absolute atomic E-state index is 0.0417. The average molecular weight is 213 g/mol. The summed E-state index contributed by atoms with van der Waals surface area (Å²) in [6, 6.07) is -0.582. The van der Waals surface area contributed by atoms with Gasteiger partial charge in [0.15, 0.2) is 0 Å². The van der Waals surface area contributed by atoms with Crippen molar-refractivity contribution >= 4 is 0 Å². The number of alkyl halides is 3. The first-order chi connectivity index (χ1) is 6.55. The minimum atomic E-state index is -4.26. The largest absolute Gasteiger partial charge is 0.460 e. The zero-order valence-electron chi connectivity index (χ0n) is 7.76. The van der Waals surface area contributed by atoms with Crippen molar-refractivity contribution in [2.24, 2.45) is 0 Å². The molecule has 1 fully saturated rings. The van der Waals surface area contributed by atoms with Gasteiger partial charge in [-0.05, 0) is 12.8 Å². The van der Waals surface area contributed by atoms with E-state index in [-0.39, 0.29) is 26.4 Å². The van der Waals surface area contributed by atoms with Gasteiger partial charge < -0.3 is 9.84 Å². The van der Waals surface area contributed by atoms with E-state index >= 15 is 0 Å². The molecule has 14 heavy (non-hydrogen) atoms. The van der Waals surface area contributed by atoms with E-state index in [1.54, 1.807) is 0 Å². The van der Waals surface area contributed by atoms with Crippen molar-refractivity contribution in [3.8, 4) is 0 Å². The van der Waals surface area contributed by atoms with Crippen molar-refractivity contribution in [3.05, 3.63) is 0 Å². The first kappa shape index (κ1) is 11.7. The summed E-state index contributed by atoms with van der Waals surface area (Å²) < 4.78 is 41.9. The Labute approximate surface area is 80.5 Å². The zero-order chi connectivity index (χ0) is 10.6.